The Kier molecular flexibility index (Phi) is 2.68. The van der Waals surface area contributed by atoms with Crippen molar-refractivity contribution < 1.29 is 9.53 Å². The average molecular weight is 193 g/mol. The van der Waals surface area contributed by atoms with E-state index >= 15 is 0 Å². The topological polar surface area (TPSA) is 31.2 Å². The number of carbonyl (C=O) groups excluding carboxylic acids is 1. The molecule has 0 aromatic carbocycles. The van der Waals surface area contributed by atoms with Crippen molar-refractivity contribution in [2.45, 2.75) is 26.5 Å². The van der Waals surface area contributed by atoms with Gasteiger partial charge in [0.1, 0.15) is 6.73 Å². The molecule has 76 valence electrons. The lowest BCUT2D eigenvalue weighted by Gasteiger charge is -2.07. The maximum absolute atomic E-state index is 11.2. The summed E-state index contributed by atoms with van der Waals surface area (Å²) >= 11 is 0. The Labute approximate surface area is 83.7 Å². The third-order valence-corrected chi connectivity index (χ3v) is 2.47. The Hall–Kier alpha value is -1.09. The van der Waals surface area contributed by atoms with Gasteiger partial charge in [0.2, 0.25) is 0 Å². The molecular weight excluding hydrogens is 178 g/mol. The average Bonchev–Trinajstić information content (AvgIpc) is 2.82. The van der Waals surface area contributed by atoms with E-state index in [4.69, 9.17) is 4.74 Å². The highest BCUT2D eigenvalue weighted by atomic mass is 16.5. The SMILES string of the molecule is CC(=O)c1cccn1COCC1CC1. The van der Waals surface area contributed by atoms with Crippen LogP contribution in [0.1, 0.15) is 30.3 Å². The first-order chi connectivity index (χ1) is 6.77. The van der Waals surface area contributed by atoms with Crippen LogP contribution in [0.4, 0.5) is 0 Å². The molecule has 1 heterocycles. The Morgan fingerprint density at radius 3 is 3.07 bits per heavy atom. The molecule has 1 aliphatic carbocycles. The third kappa shape index (κ3) is 2.23. The molecule has 0 N–H and O–H groups in total. The molecule has 1 aromatic rings. The molecule has 1 aliphatic rings. The van der Waals surface area contributed by atoms with E-state index in [0.717, 1.165) is 18.2 Å². The molecule has 0 aliphatic heterocycles. The summed E-state index contributed by atoms with van der Waals surface area (Å²) in [7, 11) is 0. The second-order valence-corrected chi connectivity index (χ2v) is 3.86. The molecule has 1 aromatic heterocycles. The lowest BCUT2D eigenvalue weighted by Crippen LogP contribution is -2.09. The van der Waals surface area contributed by atoms with Crippen LogP contribution in [-0.2, 0) is 11.5 Å². The first kappa shape index (κ1) is 9.46. The van der Waals surface area contributed by atoms with Crippen LogP contribution in [0.5, 0.6) is 0 Å². The van der Waals surface area contributed by atoms with Crippen molar-refractivity contribution in [3.05, 3.63) is 24.0 Å². The number of hydrogen-bond donors (Lipinski definition) is 0. The summed E-state index contributed by atoms with van der Waals surface area (Å²) in [5, 5.41) is 0. The zero-order valence-electron chi connectivity index (χ0n) is 8.40. The van der Waals surface area contributed by atoms with Crippen LogP contribution in [-0.4, -0.2) is 17.0 Å². The molecule has 0 amide bonds. The van der Waals surface area contributed by atoms with E-state index in [1.54, 1.807) is 6.92 Å². The van der Waals surface area contributed by atoms with Crippen LogP contribution in [0.15, 0.2) is 18.3 Å². The molecular formula is C11H15NO2. The van der Waals surface area contributed by atoms with Crippen LogP contribution in [0, 0.1) is 5.92 Å². The quantitative estimate of drug-likeness (QED) is 0.670. The van der Waals surface area contributed by atoms with E-state index in [-0.39, 0.29) is 5.78 Å². The van der Waals surface area contributed by atoms with Gasteiger partial charge < -0.3 is 9.30 Å². The van der Waals surface area contributed by atoms with Crippen molar-refractivity contribution in [1.29, 1.82) is 0 Å². The van der Waals surface area contributed by atoms with Crippen LogP contribution >= 0.6 is 0 Å². The van der Waals surface area contributed by atoms with Gasteiger partial charge in [-0.05, 0) is 30.9 Å². The van der Waals surface area contributed by atoms with Crippen molar-refractivity contribution in [3.63, 3.8) is 0 Å². The van der Waals surface area contributed by atoms with E-state index < -0.39 is 0 Å². The number of ketones is 1. The molecule has 1 saturated carbocycles. The largest absolute Gasteiger partial charge is 0.360 e. The number of nitrogens with zero attached hydrogens (tertiary/aromatic N) is 1. The van der Waals surface area contributed by atoms with Gasteiger partial charge in [0.05, 0.1) is 12.3 Å². The Bertz CT molecular complexity index is 326. The highest BCUT2D eigenvalue weighted by molar-refractivity contribution is 5.92. The molecule has 2 rings (SSSR count). The standard InChI is InChI=1S/C11H15NO2/c1-9(13)11-3-2-6-12(11)8-14-7-10-4-5-10/h2-3,6,10H,4-5,7-8H2,1H3. The molecule has 0 atom stereocenters. The van der Waals surface area contributed by atoms with Gasteiger partial charge in [-0.25, -0.2) is 0 Å². The highest BCUT2D eigenvalue weighted by Gasteiger charge is 2.21. The first-order valence-electron chi connectivity index (χ1n) is 5.01. The monoisotopic (exact) mass is 193 g/mol. The predicted octanol–water partition coefficient (Wildman–Crippen LogP) is 2.07. The molecule has 0 spiro atoms. The normalized spacial score (nSPS) is 15.8. The van der Waals surface area contributed by atoms with E-state index in [0.29, 0.717) is 6.73 Å². The van der Waals surface area contributed by atoms with E-state index in [9.17, 15) is 4.79 Å². The summed E-state index contributed by atoms with van der Waals surface area (Å²) < 4.78 is 7.36. The van der Waals surface area contributed by atoms with Crippen LogP contribution < -0.4 is 0 Å². The summed E-state index contributed by atoms with van der Waals surface area (Å²) in [5.74, 6) is 0.858. The zero-order chi connectivity index (χ0) is 9.97. The first-order valence-corrected chi connectivity index (χ1v) is 5.01. The predicted molar refractivity (Wildman–Crippen MR) is 53.1 cm³/mol. The number of aromatic nitrogens is 1. The number of rotatable bonds is 5. The fourth-order valence-corrected chi connectivity index (χ4v) is 1.45. The minimum atomic E-state index is 0.0880. The van der Waals surface area contributed by atoms with Crippen LogP contribution in [0.3, 0.4) is 0 Å². The molecule has 1 fully saturated rings. The number of ether oxygens (including phenoxy) is 1. The molecule has 3 heteroatoms. The lowest BCUT2D eigenvalue weighted by molar-refractivity contribution is 0.0660. The van der Waals surface area contributed by atoms with Gasteiger partial charge in [-0.1, -0.05) is 0 Å². The van der Waals surface area contributed by atoms with Crippen molar-refractivity contribution >= 4 is 5.78 Å². The van der Waals surface area contributed by atoms with Gasteiger partial charge in [0.25, 0.3) is 0 Å². The van der Waals surface area contributed by atoms with Gasteiger partial charge in [0, 0.05) is 13.1 Å². The summed E-state index contributed by atoms with van der Waals surface area (Å²) in [5.41, 5.74) is 0.723. The maximum atomic E-state index is 11.2. The molecule has 0 saturated heterocycles. The molecule has 0 unspecified atom stereocenters. The third-order valence-electron chi connectivity index (χ3n) is 2.47. The minimum absolute atomic E-state index is 0.0880. The Morgan fingerprint density at radius 2 is 2.43 bits per heavy atom. The zero-order valence-corrected chi connectivity index (χ0v) is 8.40. The summed E-state index contributed by atoms with van der Waals surface area (Å²) in [4.78, 5) is 11.2. The van der Waals surface area contributed by atoms with Gasteiger partial charge in [-0.3, -0.25) is 4.79 Å². The number of carbonyl (C=O) groups is 1. The van der Waals surface area contributed by atoms with Crippen LogP contribution in [0.2, 0.25) is 0 Å². The number of hydrogen-bond acceptors (Lipinski definition) is 2. The molecule has 0 bridgehead atoms. The highest BCUT2D eigenvalue weighted by Crippen LogP contribution is 2.28. The lowest BCUT2D eigenvalue weighted by atomic mass is 10.3. The summed E-state index contributed by atoms with van der Waals surface area (Å²) in [6.07, 6.45) is 4.47. The van der Waals surface area contributed by atoms with E-state index in [1.807, 2.05) is 22.9 Å². The van der Waals surface area contributed by atoms with Crippen LogP contribution in [0.25, 0.3) is 0 Å². The van der Waals surface area contributed by atoms with Gasteiger partial charge in [0.15, 0.2) is 5.78 Å². The fourth-order valence-electron chi connectivity index (χ4n) is 1.45. The van der Waals surface area contributed by atoms with Gasteiger partial charge in [-0.2, -0.15) is 0 Å². The van der Waals surface area contributed by atoms with Crippen molar-refractivity contribution in [1.82, 2.24) is 4.57 Å². The Balaban J connectivity index is 1.87. The van der Waals surface area contributed by atoms with Gasteiger partial charge in [-0.15, -0.1) is 0 Å². The molecule has 3 nitrogen and oxygen atoms in total. The second kappa shape index (κ2) is 3.96. The maximum Gasteiger partial charge on any atom is 0.176 e. The van der Waals surface area contributed by atoms with Gasteiger partial charge >= 0.3 is 0 Å². The second-order valence-electron chi connectivity index (χ2n) is 3.86. The summed E-state index contributed by atoms with van der Waals surface area (Å²) in [6.45, 7) is 2.90. The Morgan fingerprint density at radius 1 is 1.64 bits per heavy atom. The smallest absolute Gasteiger partial charge is 0.176 e. The van der Waals surface area contributed by atoms with E-state index in [1.165, 1.54) is 12.8 Å². The summed E-state index contributed by atoms with van der Waals surface area (Å²) in [6, 6.07) is 3.69. The molecule has 0 radical (unpaired) electrons. The molecule has 14 heavy (non-hydrogen) atoms. The van der Waals surface area contributed by atoms with Crippen molar-refractivity contribution in [2.75, 3.05) is 6.61 Å². The van der Waals surface area contributed by atoms with E-state index in [2.05, 4.69) is 0 Å². The van der Waals surface area contributed by atoms with Crippen molar-refractivity contribution in [3.8, 4) is 0 Å². The fraction of sp³-hybridized carbons (Fsp3) is 0.545. The van der Waals surface area contributed by atoms with Crippen molar-refractivity contribution in [2.24, 2.45) is 5.92 Å². The number of Topliss-reactive ketones (excluding diaryl/α,β-unsaturated/α-hetero) is 1. The minimum Gasteiger partial charge on any atom is -0.360 e.